The van der Waals surface area contributed by atoms with Crippen molar-refractivity contribution in [2.75, 3.05) is 0 Å². The average molecular weight is 458 g/mol. The average Bonchev–Trinajstić information content (AvgIpc) is 2.52. The van der Waals surface area contributed by atoms with Crippen LogP contribution in [0.3, 0.4) is 0 Å². The second-order valence-electron chi connectivity index (χ2n) is 9.73. The molecule has 0 saturated heterocycles. The van der Waals surface area contributed by atoms with Crippen molar-refractivity contribution >= 4 is 19.8 Å². The molecule has 0 N–H and O–H groups in total. The van der Waals surface area contributed by atoms with E-state index < -0.39 is 19.8 Å². The van der Waals surface area contributed by atoms with Gasteiger partial charge in [0.05, 0.1) is 0 Å². The van der Waals surface area contributed by atoms with Gasteiger partial charge in [0.1, 0.15) is 0 Å². The number of unbranched alkanes of at least 4 members (excludes halogenated alkanes) is 6. The molecular weight excluding hydrogens is 407 g/mol. The van der Waals surface area contributed by atoms with E-state index >= 15 is 0 Å². The minimum absolute atomic E-state index is 0.903. The van der Waals surface area contributed by atoms with Crippen LogP contribution in [-0.4, -0.2) is 19.8 Å². The van der Waals surface area contributed by atoms with Gasteiger partial charge in [-0.2, -0.15) is 0 Å². The molecule has 25 heavy (non-hydrogen) atoms. The van der Waals surface area contributed by atoms with Gasteiger partial charge in [-0.25, -0.2) is 0 Å². The zero-order valence-corrected chi connectivity index (χ0v) is 21.7. The van der Waals surface area contributed by atoms with Crippen LogP contribution in [0.4, 0.5) is 0 Å². The van der Waals surface area contributed by atoms with Gasteiger partial charge in [0.2, 0.25) is 0 Å². The van der Waals surface area contributed by atoms with Crippen LogP contribution in [0.5, 0.6) is 0 Å². The zero-order valence-electron chi connectivity index (χ0n) is 18.8. The summed E-state index contributed by atoms with van der Waals surface area (Å²) in [5, 5.41) is 0. The first kappa shape index (κ1) is 25.8. The maximum absolute atomic E-state index is 2.37. The summed E-state index contributed by atoms with van der Waals surface area (Å²) in [7, 11) is 0. The van der Waals surface area contributed by atoms with E-state index in [9.17, 15) is 0 Å². The van der Waals surface area contributed by atoms with E-state index in [1.54, 1.807) is 32.6 Å². The standard InChI is InChI=1S/3C8H17.Sn/c3*1-4-5-6-7-8(2)3;/h3*8H,1,4-7H2,2-3H3;. The van der Waals surface area contributed by atoms with Gasteiger partial charge >= 0.3 is 169 Å². The molecule has 0 aliphatic heterocycles. The zero-order chi connectivity index (χ0) is 18.9. The molecule has 0 heterocycles. The quantitative estimate of drug-likeness (QED) is 0.142. The van der Waals surface area contributed by atoms with Crippen molar-refractivity contribution in [2.45, 2.75) is 132 Å². The Kier molecular flexibility index (Phi) is 18.8. The third-order valence-corrected chi connectivity index (χ3v) is 14.5. The summed E-state index contributed by atoms with van der Waals surface area (Å²) < 4.78 is 5.11. The van der Waals surface area contributed by atoms with Crippen LogP contribution in [0.25, 0.3) is 0 Å². The monoisotopic (exact) mass is 459 g/mol. The molecule has 0 atom stereocenters. The van der Waals surface area contributed by atoms with Gasteiger partial charge in [0.15, 0.2) is 0 Å². The molecule has 0 rings (SSSR count). The predicted molar refractivity (Wildman–Crippen MR) is 120 cm³/mol. The molecule has 0 bridgehead atoms. The first-order valence-electron chi connectivity index (χ1n) is 11.7. The normalized spacial score (nSPS) is 12.2. The molecule has 0 aromatic heterocycles. The van der Waals surface area contributed by atoms with Crippen LogP contribution < -0.4 is 0 Å². The van der Waals surface area contributed by atoms with Gasteiger partial charge in [-0.15, -0.1) is 0 Å². The summed E-state index contributed by atoms with van der Waals surface area (Å²) in [6.45, 7) is 14.2. The van der Waals surface area contributed by atoms with Crippen LogP contribution in [0.1, 0.15) is 119 Å². The third-order valence-electron chi connectivity index (χ3n) is 5.44. The van der Waals surface area contributed by atoms with Crippen LogP contribution in [-0.2, 0) is 0 Å². The Morgan fingerprint density at radius 1 is 0.400 bits per heavy atom. The second-order valence-corrected chi connectivity index (χ2v) is 18.3. The van der Waals surface area contributed by atoms with Gasteiger partial charge in [0.25, 0.3) is 0 Å². The molecular formula is C24H51Sn. The first-order valence-corrected chi connectivity index (χ1v) is 17.8. The van der Waals surface area contributed by atoms with Crippen LogP contribution in [0.2, 0.25) is 13.3 Å². The second kappa shape index (κ2) is 18.2. The van der Waals surface area contributed by atoms with Gasteiger partial charge in [0, 0.05) is 0 Å². The molecule has 0 aromatic carbocycles. The van der Waals surface area contributed by atoms with E-state index in [2.05, 4.69) is 41.5 Å². The Morgan fingerprint density at radius 2 is 0.680 bits per heavy atom. The summed E-state index contributed by atoms with van der Waals surface area (Å²) in [4.78, 5) is 0. The Morgan fingerprint density at radius 3 is 0.920 bits per heavy atom. The Bertz CT molecular complexity index is 214. The Labute approximate surface area is 169 Å². The third kappa shape index (κ3) is 21.0. The van der Waals surface area contributed by atoms with E-state index in [0.717, 1.165) is 17.8 Å². The fourth-order valence-corrected chi connectivity index (χ4v) is 12.3. The Hall–Kier alpha value is 0.799. The summed E-state index contributed by atoms with van der Waals surface area (Å²) in [5.74, 6) is 2.71. The van der Waals surface area contributed by atoms with Crippen molar-refractivity contribution in [3.05, 3.63) is 0 Å². The van der Waals surface area contributed by atoms with Gasteiger partial charge in [-0.05, 0) is 0 Å². The molecule has 1 radical (unpaired) electrons. The first-order chi connectivity index (χ1) is 11.9. The summed E-state index contributed by atoms with van der Waals surface area (Å²) in [5.41, 5.74) is 0. The van der Waals surface area contributed by atoms with Crippen LogP contribution in [0.15, 0.2) is 0 Å². The fraction of sp³-hybridized carbons (Fsp3) is 1.00. The van der Waals surface area contributed by atoms with E-state index in [1.807, 2.05) is 0 Å². The molecule has 0 unspecified atom stereocenters. The molecule has 0 spiro atoms. The van der Waals surface area contributed by atoms with Crippen molar-refractivity contribution in [1.29, 1.82) is 0 Å². The van der Waals surface area contributed by atoms with E-state index in [4.69, 9.17) is 0 Å². The van der Waals surface area contributed by atoms with E-state index in [-0.39, 0.29) is 0 Å². The fourth-order valence-electron chi connectivity index (χ4n) is 3.69. The van der Waals surface area contributed by atoms with Crippen molar-refractivity contribution in [2.24, 2.45) is 17.8 Å². The van der Waals surface area contributed by atoms with E-state index in [0.29, 0.717) is 0 Å². The molecule has 0 aliphatic rings. The maximum atomic E-state index is 2.37. The molecule has 0 fully saturated rings. The predicted octanol–water partition coefficient (Wildman–Crippen LogP) is 9.13. The summed E-state index contributed by atoms with van der Waals surface area (Å²) in [6.07, 6.45) is 18.0. The number of hydrogen-bond acceptors (Lipinski definition) is 0. The molecule has 1 heteroatoms. The Balaban J connectivity index is 3.87. The molecule has 0 aliphatic carbocycles. The van der Waals surface area contributed by atoms with Crippen LogP contribution in [0, 0.1) is 17.8 Å². The van der Waals surface area contributed by atoms with Crippen LogP contribution >= 0.6 is 0 Å². The number of rotatable bonds is 18. The minimum atomic E-state index is -1.04. The molecule has 0 amide bonds. The van der Waals surface area contributed by atoms with Gasteiger partial charge in [-0.1, -0.05) is 0 Å². The number of hydrogen-bond donors (Lipinski definition) is 0. The summed E-state index contributed by atoms with van der Waals surface area (Å²) in [6, 6.07) is 0. The van der Waals surface area contributed by atoms with E-state index in [1.165, 1.54) is 57.8 Å². The molecule has 0 nitrogen and oxygen atoms in total. The van der Waals surface area contributed by atoms with Gasteiger partial charge < -0.3 is 0 Å². The van der Waals surface area contributed by atoms with Crippen molar-refractivity contribution in [3.63, 3.8) is 0 Å². The SMILES string of the molecule is CC(C)CCCC[CH2][Sn]([CH2]CCCCC(C)C)[CH2]CCCCC(C)C. The van der Waals surface area contributed by atoms with Crippen molar-refractivity contribution in [3.8, 4) is 0 Å². The van der Waals surface area contributed by atoms with Crippen molar-refractivity contribution < 1.29 is 0 Å². The molecule has 0 aromatic rings. The molecule has 0 saturated carbocycles. The summed E-state index contributed by atoms with van der Waals surface area (Å²) >= 11 is -1.04. The topological polar surface area (TPSA) is 0 Å². The molecule has 151 valence electrons. The van der Waals surface area contributed by atoms with Crippen molar-refractivity contribution in [1.82, 2.24) is 0 Å². The van der Waals surface area contributed by atoms with Gasteiger partial charge in [-0.3, -0.25) is 0 Å².